The van der Waals surface area contributed by atoms with Crippen LogP contribution in [0.3, 0.4) is 0 Å². The third-order valence-electron chi connectivity index (χ3n) is 5.83. The molecular formula is C29H30O3S. The fourth-order valence-corrected chi connectivity index (χ4v) is 5.11. The maximum Gasteiger partial charge on any atom is 0.206 e. The summed E-state index contributed by atoms with van der Waals surface area (Å²) < 4.78 is 7.10. The van der Waals surface area contributed by atoms with Crippen molar-refractivity contribution < 1.29 is 14.6 Å². The molecular weight excluding hydrogens is 428 g/mol. The van der Waals surface area contributed by atoms with Gasteiger partial charge in [0, 0.05) is 15.6 Å². The lowest BCUT2D eigenvalue weighted by atomic mass is 10.0. The molecule has 0 amide bonds. The Labute approximate surface area is 199 Å². The number of phenols is 1. The summed E-state index contributed by atoms with van der Waals surface area (Å²) in [5.74, 6) is 1.35. The van der Waals surface area contributed by atoms with Crippen LogP contribution in [-0.4, -0.2) is 10.9 Å². The number of thiophene rings is 1. The highest BCUT2D eigenvalue weighted by Crippen LogP contribution is 2.42. The molecule has 0 saturated carbocycles. The number of fused-ring (bicyclic) bond motifs is 1. The summed E-state index contributed by atoms with van der Waals surface area (Å²) in [6.45, 7) is 2.24. The van der Waals surface area contributed by atoms with E-state index in [0.29, 0.717) is 21.9 Å². The first-order valence-corrected chi connectivity index (χ1v) is 12.6. The fourth-order valence-electron chi connectivity index (χ4n) is 3.98. The molecule has 0 aliphatic carbocycles. The molecule has 170 valence electrons. The number of phenolic OH excluding ortho intramolecular Hbond substituents is 1. The molecule has 1 heterocycles. The largest absolute Gasteiger partial charge is 0.508 e. The lowest BCUT2D eigenvalue weighted by Gasteiger charge is -2.09. The summed E-state index contributed by atoms with van der Waals surface area (Å²) in [5.41, 5.74) is 1.92. The van der Waals surface area contributed by atoms with Crippen molar-refractivity contribution in [3.05, 3.63) is 88.8 Å². The van der Waals surface area contributed by atoms with E-state index in [-0.39, 0.29) is 11.5 Å². The number of unbranched alkanes of at least 4 members (excludes halogenated alkanes) is 5. The van der Waals surface area contributed by atoms with Crippen LogP contribution >= 0.6 is 11.3 Å². The second-order valence-corrected chi connectivity index (χ2v) is 9.45. The van der Waals surface area contributed by atoms with Crippen LogP contribution < -0.4 is 4.74 Å². The number of ketones is 1. The molecule has 0 spiro atoms. The van der Waals surface area contributed by atoms with E-state index in [1.165, 1.54) is 55.4 Å². The summed E-state index contributed by atoms with van der Waals surface area (Å²) in [6.07, 6.45) is 8.81. The second kappa shape index (κ2) is 11.2. The Kier molecular flexibility index (Phi) is 7.79. The van der Waals surface area contributed by atoms with Gasteiger partial charge in [-0.3, -0.25) is 4.79 Å². The molecule has 0 aliphatic heterocycles. The van der Waals surface area contributed by atoms with Gasteiger partial charge in [0.1, 0.15) is 16.4 Å². The van der Waals surface area contributed by atoms with Gasteiger partial charge in [0.25, 0.3) is 0 Å². The number of ether oxygens (including phenoxy) is 1. The van der Waals surface area contributed by atoms with E-state index in [4.69, 9.17) is 4.74 Å². The molecule has 3 aromatic carbocycles. The Morgan fingerprint density at radius 1 is 0.879 bits per heavy atom. The Balaban J connectivity index is 1.52. The summed E-state index contributed by atoms with van der Waals surface area (Å²) in [7, 11) is 0. The first-order chi connectivity index (χ1) is 16.2. The van der Waals surface area contributed by atoms with Crippen molar-refractivity contribution in [2.75, 3.05) is 0 Å². The minimum Gasteiger partial charge on any atom is -0.508 e. The molecule has 4 aromatic rings. The lowest BCUT2D eigenvalue weighted by Crippen LogP contribution is -2.00. The van der Waals surface area contributed by atoms with Crippen LogP contribution in [0.5, 0.6) is 17.2 Å². The van der Waals surface area contributed by atoms with Crippen molar-refractivity contribution in [1.29, 1.82) is 0 Å². The van der Waals surface area contributed by atoms with E-state index in [0.717, 1.165) is 16.5 Å². The van der Waals surface area contributed by atoms with Gasteiger partial charge >= 0.3 is 0 Å². The molecule has 4 heteroatoms. The first kappa shape index (κ1) is 23.1. The third-order valence-corrected chi connectivity index (χ3v) is 6.97. The normalized spacial score (nSPS) is 11.1. The molecule has 4 rings (SSSR count). The maximum atomic E-state index is 13.2. The van der Waals surface area contributed by atoms with Crippen LogP contribution in [-0.2, 0) is 6.42 Å². The van der Waals surface area contributed by atoms with E-state index in [1.54, 1.807) is 12.1 Å². The third kappa shape index (κ3) is 5.82. The molecule has 0 saturated heterocycles. The van der Waals surface area contributed by atoms with E-state index < -0.39 is 0 Å². The van der Waals surface area contributed by atoms with Gasteiger partial charge in [-0.25, -0.2) is 0 Å². The lowest BCUT2D eigenvalue weighted by molar-refractivity contribution is 0.104. The molecule has 3 nitrogen and oxygen atoms in total. The average molecular weight is 459 g/mol. The van der Waals surface area contributed by atoms with Crippen molar-refractivity contribution in [3.63, 3.8) is 0 Å². The SMILES string of the molecule is CCCCCCCCc1ccc(Oc2c(C(=O)c3ccccc3)sc3cc(O)ccc23)cc1. The van der Waals surface area contributed by atoms with Crippen LogP contribution in [0.1, 0.15) is 66.2 Å². The predicted molar refractivity (Wildman–Crippen MR) is 137 cm³/mol. The first-order valence-electron chi connectivity index (χ1n) is 11.8. The van der Waals surface area contributed by atoms with Gasteiger partial charge in [-0.2, -0.15) is 0 Å². The zero-order valence-corrected chi connectivity index (χ0v) is 19.9. The Hall–Kier alpha value is -3.11. The number of carbonyl (C=O) groups excluding carboxylic acids is 1. The number of rotatable bonds is 11. The summed E-state index contributed by atoms with van der Waals surface area (Å²) >= 11 is 1.35. The van der Waals surface area contributed by atoms with E-state index in [2.05, 4.69) is 19.1 Å². The average Bonchev–Trinajstić information content (AvgIpc) is 3.19. The number of aromatic hydroxyl groups is 1. The summed E-state index contributed by atoms with van der Waals surface area (Å²) in [5, 5.41) is 10.7. The van der Waals surface area contributed by atoms with Crippen molar-refractivity contribution in [1.82, 2.24) is 0 Å². The Morgan fingerprint density at radius 3 is 2.36 bits per heavy atom. The standard InChI is InChI=1S/C29H30O3S/c1-2-3-4-5-6-8-11-21-14-17-24(18-15-21)32-28-25-19-16-23(30)20-26(25)33-29(28)27(31)22-12-9-7-10-13-22/h7,9-10,12-20,30H,2-6,8,11H2,1H3. The topological polar surface area (TPSA) is 46.5 Å². The molecule has 33 heavy (non-hydrogen) atoms. The smallest absolute Gasteiger partial charge is 0.206 e. The number of carbonyl (C=O) groups is 1. The van der Waals surface area contributed by atoms with Gasteiger partial charge < -0.3 is 9.84 Å². The molecule has 0 radical (unpaired) electrons. The molecule has 1 N–H and O–H groups in total. The number of hydrogen-bond donors (Lipinski definition) is 1. The van der Waals surface area contributed by atoms with Crippen molar-refractivity contribution in [2.24, 2.45) is 0 Å². The van der Waals surface area contributed by atoms with E-state index >= 15 is 0 Å². The quantitative estimate of drug-likeness (QED) is 0.181. The highest BCUT2D eigenvalue weighted by molar-refractivity contribution is 7.21. The van der Waals surface area contributed by atoms with Gasteiger partial charge in [-0.05, 0) is 48.7 Å². The maximum absolute atomic E-state index is 13.2. The van der Waals surface area contributed by atoms with Crippen LogP contribution in [0.15, 0.2) is 72.8 Å². The monoisotopic (exact) mass is 458 g/mol. The molecule has 0 fully saturated rings. The van der Waals surface area contributed by atoms with Gasteiger partial charge in [0.15, 0.2) is 5.75 Å². The van der Waals surface area contributed by atoms with E-state index in [9.17, 15) is 9.90 Å². The number of benzene rings is 3. The Bertz CT molecular complexity index is 1190. The number of hydrogen-bond acceptors (Lipinski definition) is 4. The highest BCUT2D eigenvalue weighted by Gasteiger charge is 2.22. The van der Waals surface area contributed by atoms with Crippen LogP contribution in [0.25, 0.3) is 10.1 Å². The predicted octanol–water partition coefficient (Wildman–Crippen LogP) is 8.53. The zero-order valence-electron chi connectivity index (χ0n) is 19.0. The summed E-state index contributed by atoms with van der Waals surface area (Å²) in [6, 6.07) is 22.5. The Morgan fingerprint density at radius 2 is 1.61 bits per heavy atom. The molecule has 1 aromatic heterocycles. The summed E-state index contributed by atoms with van der Waals surface area (Å²) in [4.78, 5) is 13.8. The molecule has 0 unspecified atom stereocenters. The second-order valence-electron chi connectivity index (χ2n) is 8.40. The minimum atomic E-state index is -0.0778. The van der Waals surface area contributed by atoms with Gasteiger partial charge in [-0.1, -0.05) is 81.5 Å². The van der Waals surface area contributed by atoms with Crippen LogP contribution in [0.4, 0.5) is 0 Å². The molecule has 0 aliphatic rings. The zero-order chi connectivity index (χ0) is 23.0. The molecule has 0 atom stereocenters. The minimum absolute atomic E-state index is 0.0778. The fraction of sp³-hybridized carbons (Fsp3) is 0.276. The van der Waals surface area contributed by atoms with Crippen LogP contribution in [0.2, 0.25) is 0 Å². The van der Waals surface area contributed by atoms with Crippen molar-refractivity contribution >= 4 is 27.2 Å². The van der Waals surface area contributed by atoms with E-state index in [1.807, 2.05) is 48.5 Å². The van der Waals surface area contributed by atoms with Gasteiger partial charge in [-0.15, -0.1) is 11.3 Å². The highest BCUT2D eigenvalue weighted by atomic mass is 32.1. The molecule has 0 bridgehead atoms. The van der Waals surface area contributed by atoms with Gasteiger partial charge in [0.05, 0.1) is 0 Å². The van der Waals surface area contributed by atoms with Crippen molar-refractivity contribution in [3.8, 4) is 17.2 Å². The van der Waals surface area contributed by atoms with Gasteiger partial charge in [0.2, 0.25) is 5.78 Å². The van der Waals surface area contributed by atoms with Crippen LogP contribution in [0, 0.1) is 0 Å². The van der Waals surface area contributed by atoms with Crippen molar-refractivity contribution in [2.45, 2.75) is 51.9 Å². The number of aryl methyl sites for hydroxylation is 1.